The van der Waals surface area contributed by atoms with E-state index in [9.17, 15) is 0 Å². The van der Waals surface area contributed by atoms with Gasteiger partial charge in [0.05, 0.1) is 14.2 Å². The highest BCUT2D eigenvalue weighted by Crippen LogP contribution is 2.24. The van der Waals surface area contributed by atoms with Crippen LogP contribution in [-0.2, 0) is 0 Å². The van der Waals surface area contributed by atoms with Gasteiger partial charge in [-0.1, -0.05) is 6.42 Å². The first kappa shape index (κ1) is 12.8. The third-order valence-electron chi connectivity index (χ3n) is 3.20. The van der Waals surface area contributed by atoms with E-state index >= 15 is 0 Å². The molecule has 3 N–H and O–H groups in total. The van der Waals surface area contributed by atoms with Crippen molar-refractivity contribution in [2.24, 2.45) is 11.7 Å². The van der Waals surface area contributed by atoms with Crippen molar-refractivity contribution in [1.82, 2.24) is 15.0 Å². The van der Waals surface area contributed by atoms with Crippen molar-refractivity contribution in [3.05, 3.63) is 0 Å². The number of aromatic nitrogens is 3. The van der Waals surface area contributed by atoms with Crippen molar-refractivity contribution in [3.8, 4) is 12.0 Å². The SMILES string of the molecule is COc1nc(NCC2CCCC2N)nc(OC)n1. The van der Waals surface area contributed by atoms with Gasteiger partial charge in [-0.25, -0.2) is 0 Å². The largest absolute Gasteiger partial charge is 0.467 e. The zero-order valence-corrected chi connectivity index (χ0v) is 10.7. The molecule has 18 heavy (non-hydrogen) atoms. The summed E-state index contributed by atoms with van der Waals surface area (Å²) in [5.74, 6) is 0.927. The molecule has 0 aliphatic heterocycles. The van der Waals surface area contributed by atoms with Crippen LogP contribution in [0.25, 0.3) is 0 Å². The zero-order chi connectivity index (χ0) is 13.0. The minimum absolute atomic E-state index is 0.236. The van der Waals surface area contributed by atoms with Gasteiger partial charge in [-0.05, 0) is 18.8 Å². The molecule has 1 fully saturated rings. The monoisotopic (exact) mass is 253 g/mol. The highest BCUT2D eigenvalue weighted by Gasteiger charge is 2.23. The Morgan fingerprint density at radius 3 is 2.33 bits per heavy atom. The summed E-state index contributed by atoms with van der Waals surface area (Å²) >= 11 is 0. The topological polar surface area (TPSA) is 95.2 Å². The maximum Gasteiger partial charge on any atom is 0.324 e. The molecule has 1 saturated carbocycles. The number of methoxy groups -OCH3 is 2. The van der Waals surface area contributed by atoms with Gasteiger partial charge < -0.3 is 20.5 Å². The van der Waals surface area contributed by atoms with Crippen molar-refractivity contribution in [3.63, 3.8) is 0 Å². The third kappa shape index (κ3) is 2.98. The Balaban J connectivity index is 1.99. The van der Waals surface area contributed by atoms with E-state index in [1.807, 2.05) is 0 Å². The molecule has 0 radical (unpaired) electrons. The van der Waals surface area contributed by atoms with Gasteiger partial charge in [0.25, 0.3) is 0 Å². The fraction of sp³-hybridized carbons (Fsp3) is 0.727. The summed E-state index contributed by atoms with van der Waals surface area (Å²) in [6.07, 6.45) is 3.43. The van der Waals surface area contributed by atoms with Gasteiger partial charge in [0, 0.05) is 12.6 Å². The van der Waals surface area contributed by atoms with Crippen molar-refractivity contribution in [1.29, 1.82) is 0 Å². The van der Waals surface area contributed by atoms with E-state index in [4.69, 9.17) is 15.2 Å². The maximum atomic E-state index is 6.01. The van der Waals surface area contributed by atoms with Gasteiger partial charge in [0.2, 0.25) is 5.95 Å². The number of ether oxygens (including phenoxy) is 2. The van der Waals surface area contributed by atoms with Gasteiger partial charge in [-0.3, -0.25) is 0 Å². The fourth-order valence-electron chi connectivity index (χ4n) is 2.14. The molecule has 0 amide bonds. The summed E-state index contributed by atoms with van der Waals surface area (Å²) in [4.78, 5) is 12.2. The van der Waals surface area contributed by atoms with Crippen LogP contribution in [0.5, 0.6) is 12.0 Å². The molecule has 0 bridgehead atoms. The Morgan fingerprint density at radius 2 is 1.83 bits per heavy atom. The summed E-state index contributed by atoms with van der Waals surface area (Å²) in [7, 11) is 3.01. The molecule has 7 heteroatoms. The molecule has 1 aliphatic carbocycles. The van der Waals surface area contributed by atoms with Crippen molar-refractivity contribution in [2.45, 2.75) is 25.3 Å². The molecule has 100 valence electrons. The van der Waals surface area contributed by atoms with Crippen molar-refractivity contribution >= 4 is 5.95 Å². The molecule has 2 unspecified atom stereocenters. The number of hydrogen-bond acceptors (Lipinski definition) is 7. The normalized spacial score (nSPS) is 22.8. The first-order chi connectivity index (χ1) is 8.72. The Kier molecular flexibility index (Phi) is 4.14. The molecule has 1 aliphatic rings. The van der Waals surface area contributed by atoms with Gasteiger partial charge in [0.15, 0.2) is 0 Å². The smallest absolute Gasteiger partial charge is 0.324 e. The molecular formula is C11H19N5O2. The molecular weight excluding hydrogens is 234 g/mol. The minimum Gasteiger partial charge on any atom is -0.467 e. The van der Waals surface area contributed by atoms with Crippen LogP contribution in [-0.4, -0.2) is 41.8 Å². The van der Waals surface area contributed by atoms with Gasteiger partial charge in [0.1, 0.15) is 0 Å². The number of hydrogen-bond donors (Lipinski definition) is 2. The van der Waals surface area contributed by atoms with Crippen LogP contribution >= 0.6 is 0 Å². The van der Waals surface area contributed by atoms with E-state index in [0.717, 1.165) is 19.4 Å². The standard InChI is InChI=1S/C11H19N5O2/c1-17-10-14-9(15-11(16-10)18-2)13-6-7-4-3-5-8(7)12/h7-8H,3-6,12H2,1-2H3,(H,13,14,15,16). The molecule has 1 aromatic rings. The number of nitrogens with one attached hydrogen (secondary N) is 1. The Labute approximate surface area is 106 Å². The van der Waals surface area contributed by atoms with E-state index in [2.05, 4.69) is 20.3 Å². The van der Waals surface area contributed by atoms with Gasteiger partial charge in [-0.15, -0.1) is 4.98 Å². The molecule has 1 aromatic heterocycles. The van der Waals surface area contributed by atoms with Crippen LogP contribution in [0.4, 0.5) is 5.95 Å². The fourth-order valence-corrected chi connectivity index (χ4v) is 2.14. The van der Waals surface area contributed by atoms with Crippen LogP contribution in [0.3, 0.4) is 0 Å². The van der Waals surface area contributed by atoms with E-state index in [-0.39, 0.29) is 18.1 Å². The van der Waals surface area contributed by atoms with Crippen LogP contribution in [0.2, 0.25) is 0 Å². The second-order valence-electron chi connectivity index (χ2n) is 4.37. The van der Waals surface area contributed by atoms with E-state index in [0.29, 0.717) is 11.9 Å². The number of anilines is 1. The molecule has 1 heterocycles. The van der Waals surface area contributed by atoms with Crippen LogP contribution in [0.15, 0.2) is 0 Å². The van der Waals surface area contributed by atoms with Crippen LogP contribution in [0, 0.1) is 5.92 Å². The Morgan fingerprint density at radius 1 is 1.17 bits per heavy atom. The number of rotatable bonds is 5. The average molecular weight is 253 g/mol. The van der Waals surface area contributed by atoms with Crippen LogP contribution in [0.1, 0.15) is 19.3 Å². The van der Waals surface area contributed by atoms with Crippen LogP contribution < -0.4 is 20.5 Å². The Hall–Kier alpha value is -1.63. The second kappa shape index (κ2) is 5.81. The lowest BCUT2D eigenvalue weighted by molar-refractivity contribution is 0.341. The summed E-state index contributed by atoms with van der Waals surface area (Å²) < 4.78 is 9.97. The Bertz CT molecular complexity index is 379. The molecule has 2 atom stereocenters. The van der Waals surface area contributed by atoms with Gasteiger partial charge >= 0.3 is 12.0 Å². The summed E-state index contributed by atoms with van der Waals surface area (Å²) in [5, 5.41) is 3.16. The van der Waals surface area contributed by atoms with E-state index < -0.39 is 0 Å². The summed E-state index contributed by atoms with van der Waals surface area (Å²) in [5.41, 5.74) is 6.01. The highest BCUT2D eigenvalue weighted by molar-refractivity contribution is 5.27. The van der Waals surface area contributed by atoms with E-state index in [1.54, 1.807) is 0 Å². The predicted molar refractivity (Wildman–Crippen MR) is 66.7 cm³/mol. The first-order valence-electron chi connectivity index (χ1n) is 6.06. The zero-order valence-electron chi connectivity index (χ0n) is 10.7. The molecule has 0 spiro atoms. The van der Waals surface area contributed by atoms with Crippen molar-refractivity contribution < 1.29 is 9.47 Å². The average Bonchev–Trinajstić information content (AvgIpc) is 2.81. The van der Waals surface area contributed by atoms with E-state index in [1.165, 1.54) is 20.6 Å². The molecule has 0 aromatic carbocycles. The summed E-state index contributed by atoms with van der Waals surface area (Å²) in [6, 6.07) is 0.739. The third-order valence-corrected chi connectivity index (χ3v) is 3.20. The molecule has 0 saturated heterocycles. The van der Waals surface area contributed by atoms with Gasteiger partial charge in [-0.2, -0.15) is 9.97 Å². The van der Waals surface area contributed by atoms with Crippen molar-refractivity contribution in [2.75, 3.05) is 26.1 Å². The second-order valence-corrected chi connectivity index (χ2v) is 4.37. The number of nitrogens with two attached hydrogens (primary N) is 1. The highest BCUT2D eigenvalue weighted by atomic mass is 16.5. The minimum atomic E-state index is 0.236. The number of nitrogens with zero attached hydrogens (tertiary/aromatic N) is 3. The predicted octanol–water partition coefficient (Wildman–Crippen LogP) is 0.428. The summed E-state index contributed by atoms with van der Waals surface area (Å²) in [6.45, 7) is 0.761. The lowest BCUT2D eigenvalue weighted by Crippen LogP contribution is -2.30. The maximum absolute atomic E-state index is 6.01. The lowest BCUT2D eigenvalue weighted by Gasteiger charge is -2.15. The molecule has 7 nitrogen and oxygen atoms in total. The quantitative estimate of drug-likeness (QED) is 0.785. The molecule has 2 rings (SSSR count). The lowest BCUT2D eigenvalue weighted by atomic mass is 10.1. The first-order valence-corrected chi connectivity index (χ1v) is 6.06.